The number of alkyl halides is 3. The summed E-state index contributed by atoms with van der Waals surface area (Å²) < 4.78 is 44.3. The summed E-state index contributed by atoms with van der Waals surface area (Å²) in [6, 6.07) is 5.96. The fraction of sp³-hybridized carbons (Fsp3) is 0.526. The van der Waals surface area contributed by atoms with Gasteiger partial charge in [-0.2, -0.15) is 18.3 Å². The summed E-state index contributed by atoms with van der Waals surface area (Å²) in [5, 5.41) is 14.4. The van der Waals surface area contributed by atoms with Crippen molar-refractivity contribution >= 4 is 11.9 Å². The molecule has 2 aromatic rings. The quantitative estimate of drug-likeness (QED) is 0.652. The van der Waals surface area contributed by atoms with Gasteiger partial charge in [-0.05, 0) is 25.1 Å². The Morgan fingerprint density at radius 3 is 2.61 bits per heavy atom. The number of carboxylic acid groups (broad SMARTS) is 1. The lowest BCUT2D eigenvalue weighted by atomic mass is 10.1. The van der Waals surface area contributed by atoms with Crippen molar-refractivity contribution in [1.82, 2.24) is 20.0 Å². The van der Waals surface area contributed by atoms with Gasteiger partial charge in [-0.3, -0.25) is 14.4 Å². The van der Waals surface area contributed by atoms with E-state index in [1.54, 1.807) is 13.3 Å². The number of aryl methyl sites for hydroxylation is 1. The highest BCUT2D eigenvalue weighted by Crippen LogP contribution is 2.19. The van der Waals surface area contributed by atoms with Gasteiger partial charge in [0.2, 0.25) is 5.91 Å². The first-order chi connectivity index (χ1) is 14.6. The molecule has 0 saturated carbocycles. The Morgan fingerprint density at radius 1 is 1.32 bits per heavy atom. The Labute approximate surface area is 176 Å². The van der Waals surface area contributed by atoms with Crippen LogP contribution in [0.15, 0.2) is 28.8 Å². The predicted octanol–water partition coefficient (Wildman–Crippen LogP) is 1.81. The topological polar surface area (TPSA) is 110 Å². The number of ether oxygens (including phenoxy) is 1. The Bertz CT molecular complexity index is 865. The molecule has 9 nitrogen and oxygen atoms in total. The van der Waals surface area contributed by atoms with Gasteiger partial charge in [0, 0.05) is 32.9 Å². The molecule has 3 heterocycles. The Hall–Kier alpha value is -2.86. The van der Waals surface area contributed by atoms with Gasteiger partial charge in [0.05, 0.1) is 31.3 Å². The normalized spacial score (nSPS) is 16.6. The fourth-order valence-corrected chi connectivity index (χ4v) is 3.03. The first kappa shape index (κ1) is 24.4. The second-order valence-corrected chi connectivity index (χ2v) is 6.97. The van der Waals surface area contributed by atoms with Gasteiger partial charge in [0.1, 0.15) is 11.5 Å². The van der Waals surface area contributed by atoms with Crippen LogP contribution in [0.3, 0.4) is 0 Å². The number of amides is 1. The van der Waals surface area contributed by atoms with Crippen molar-refractivity contribution in [3.05, 3.63) is 41.6 Å². The van der Waals surface area contributed by atoms with Crippen molar-refractivity contribution in [1.29, 1.82) is 0 Å². The zero-order chi connectivity index (χ0) is 23.0. The van der Waals surface area contributed by atoms with Crippen molar-refractivity contribution in [2.24, 2.45) is 5.92 Å². The van der Waals surface area contributed by atoms with E-state index in [2.05, 4.69) is 15.3 Å². The van der Waals surface area contributed by atoms with Crippen LogP contribution >= 0.6 is 0 Å². The third kappa shape index (κ3) is 7.72. The molecule has 0 aliphatic carbocycles. The lowest BCUT2D eigenvalue weighted by Crippen LogP contribution is -2.40. The summed E-state index contributed by atoms with van der Waals surface area (Å²) in [5.41, 5.74) is 1.12. The lowest BCUT2D eigenvalue weighted by Gasteiger charge is -2.22. The molecule has 1 aliphatic rings. The Balaban J connectivity index is 0.000000423. The number of carbonyl (C=O) groups is 2. The molecule has 31 heavy (non-hydrogen) atoms. The van der Waals surface area contributed by atoms with Gasteiger partial charge >= 0.3 is 12.1 Å². The molecule has 3 rings (SSSR count). The van der Waals surface area contributed by atoms with Crippen molar-refractivity contribution < 1.29 is 37.0 Å². The summed E-state index contributed by atoms with van der Waals surface area (Å²) in [6.45, 7) is 5.67. The van der Waals surface area contributed by atoms with Gasteiger partial charge in [-0.25, -0.2) is 4.79 Å². The number of carboxylic acids is 1. The van der Waals surface area contributed by atoms with Crippen LogP contribution < -0.4 is 5.32 Å². The third-order valence-corrected chi connectivity index (χ3v) is 4.46. The van der Waals surface area contributed by atoms with E-state index in [0.717, 1.165) is 23.8 Å². The molecule has 12 heteroatoms. The zero-order valence-electron chi connectivity index (χ0n) is 17.2. The van der Waals surface area contributed by atoms with Crippen LogP contribution in [0.5, 0.6) is 0 Å². The summed E-state index contributed by atoms with van der Waals surface area (Å²) in [4.78, 5) is 23.6. The SMILES string of the molecule is COCCNC(=O)C1CN(Cc2ccc(C)o2)Cc2ccnn2C1.O=C(O)C(F)(F)F. The standard InChI is InChI=1S/C17H24N4O3.C2HF3O2/c1-13-3-4-16(24-13)12-20-9-14(17(22)18-7-8-23-2)10-21-15(11-20)5-6-19-21;3-2(4,5)1(6)7/h3-6,14H,7-12H2,1-2H3,(H,18,22);(H,6,7). The number of carbonyl (C=O) groups excluding carboxylic acids is 1. The molecule has 1 unspecified atom stereocenters. The van der Waals surface area contributed by atoms with Gasteiger partial charge in [-0.1, -0.05) is 0 Å². The van der Waals surface area contributed by atoms with Crippen LogP contribution in [0, 0.1) is 12.8 Å². The molecule has 0 saturated heterocycles. The number of halogens is 3. The van der Waals surface area contributed by atoms with E-state index in [1.165, 1.54) is 0 Å². The number of methoxy groups -OCH3 is 1. The molecule has 0 bridgehead atoms. The van der Waals surface area contributed by atoms with E-state index in [0.29, 0.717) is 32.8 Å². The molecule has 0 fully saturated rings. The van der Waals surface area contributed by atoms with Crippen LogP contribution in [-0.4, -0.2) is 64.6 Å². The number of hydrogen-bond donors (Lipinski definition) is 2. The predicted molar refractivity (Wildman–Crippen MR) is 102 cm³/mol. The number of rotatable bonds is 6. The van der Waals surface area contributed by atoms with E-state index in [1.807, 2.05) is 29.8 Å². The third-order valence-electron chi connectivity index (χ3n) is 4.46. The second-order valence-electron chi connectivity index (χ2n) is 6.97. The molecule has 0 radical (unpaired) electrons. The summed E-state index contributed by atoms with van der Waals surface area (Å²) in [7, 11) is 1.63. The molecule has 0 aromatic carbocycles. The fourth-order valence-electron chi connectivity index (χ4n) is 3.03. The van der Waals surface area contributed by atoms with Gasteiger partial charge in [-0.15, -0.1) is 0 Å². The molecule has 172 valence electrons. The maximum atomic E-state index is 12.5. The van der Waals surface area contributed by atoms with Gasteiger partial charge in [0.15, 0.2) is 0 Å². The zero-order valence-corrected chi connectivity index (χ0v) is 17.2. The Morgan fingerprint density at radius 2 is 2.03 bits per heavy atom. The first-order valence-corrected chi connectivity index (χ1v) is 9.45. The number of aliphatic carboxylic acids is 1. The molecule has 2 aromatic heterocycles. The van der Waals surface area contributed by atoms with Crippen LogP contribution in [0.2, 0.25) is 0 Å². The number of fused-ring (bicyclic) bond motifs is 1. The maximum Gasteiger partial charge on any atom is 0.490 e. The molecule has 0 spiro atoms. The van der Waals surface area contributed by atoms with Crippen LogP contribution in [0.4, 0.5) is 13.2 Å². The largest absolute Gasteiger partial charge is 0.490 e. The monoisotopic (exact) mass is 446 g/mol. The van der Waals surface area contributed by atoms with E-state index in [9.17, 15) is 18.0 Å². The van der Waals surface area contributed by atoms with Crippen LogP contribution in [0.1, 0.15) is 17.2 Å². The number of nitrogens with one attached hydrogen (secondary N) is 1. The number of aromatic nitrogens is 2. The minimum atomic E-state index is -5.08. The summed E-state index contributed by atoms with van der Waals surface area (Å²) in [6.07, 6.45) is -3.30. The molecular formula is C19H25F3N4O5. The van der Waals surface area contributed by atoms with Gasteiger partial charge in [0.25, 0.3) is 0 Å². The Kier molecular flexibility index (Phi) is 8.63. The molecular weight excluding hydrogens is 421 g/mol. The van der Waals surface area contributed by atoms with Crippen molar-refractivity contribution in [3.63, 3.8) is 0 Å². The van der Waals surface area contributed by atoms with Crippen molar-refractivity contribution in [3.8, 4) is 0 Å². The van der Waals surface area contributed by atoms with E-state index in [-0.39, 0.29) is 11.8 Å². The molecule has 1 aliphatic heterocycles. The average molecular weight is 446 g/mol. The van der Waals surface area contributed by atoms with E-state index < -0.39 is 12.1 Å². The van der Waals surface area contributed by atoms with Crippen molar-refractivity contribution in [2.75, 3.05) is 26.8 Å². The molecule has 1 atom stereocenters. The second kappa shape index (κ2) is 11.0. The number of nitrogens with zero attached hydrogens (tertiary/aromatic N) is 3. The number of furan rings is 1. The highest BCUT2D eigenvalue weighted by Gasteiger charge is 2.38. The molecule has 2 N–H and O–H groups in total. The van der Waals surface area contributed by atoms with Crippen LogP contribution in [0.25, 0.3) is 0 Å². The smallest absolute Gasteiger partial charge is 0.475 e. The van der Waals surface area contributed by atoms with E-state index >= 15 is 0 Å². The molecule has 1 amide bonds. The maximum absolute atomic E-state index is 12.5. The van der Waals surface area contributed by atoms with Crippen molar-refractivity contribution in [2.45, 2.75) is 32.7 Å². The van der Waals surface area contributed by atoms with E-state index in [4.69, 9.17) is 19.1 Å². The average Bonchev–Trinajstić information content (AvgIpc) is 3.25. The van der Waals surface area contributed by atoms with Crippen LogP contribution in [-0.2, 0) is 34.0 Å². The highest BCUT2D eigenvalue weighted by atomic mass is 19.4. The minimum absolute atomic E-state index is 0.0380. The summed E-state index contributed by atoms with van der Waals surface area (Å²) in [5.74, 6) is -1.06. The number of hydrogen-bond acceptors (Lipinski definition) is 6. The summed E-state index contributed by atoms with van der Waals surface area (Å²) >= 11 is 0. The first-order valence-electron chi connectivity index (χ1n) is 9.45. The lowest BCUT2D eigenvalue weighted by molar-refractivity contribution is -0.192. The van der Waals surface area contributed by atoms with Gasteiger partial charge < -0.3 is 19.6 Å². The highest BCUT2D eigenvalue weighted by molar-refractivity contribution is 5.78. The minimum Gasteiger partial charge on any atom is -0.475 e.